The van der Waals surface area contributed by atoms with E-state index >= 15 is 0 Å². The highest BCUT2D eigenvalue weighted by atomic mass is 19.1. The molecule has 2 N–H and O–H groups in total. The molecular formula is C37H53FN2O3. The van der Waals surface area contributed by atoms with Gasteiger partial charge in [-0.1, -0.05) is 46.3 Å². The Hall–Kier alpha value is -2.21. The van der Waals surface area contributed by atoms with Gasteiger partial charge >= 0.3 is 5.97 Å². The minimum atomic E-state index is -1.22. The van der Waals surface area contributed by atoms with Crippen molar-refractivity contribution in [3.8, 4) is 0 Å². The summed E-state index contributed by atoms with van der Waals surface area (Å²) in [4.78, 5) is 27.3. The van der Waals surface area contributed by atoms with Gasteiger partial charge in [-0.05, 0) is 141 Å². The minimum Gasteiger partial charge on any atom is -0.478 e. The average Bonchev–Trinajstić information content (AvgIpc) is 3.38. The van der Waals surface area contributed by atoms with Gasteiger partial charge in [-0.2, -0.15) is 0 Å². The van der Waals surface area contributed by atoms with Gasteiger partial charge in [0, 0.05) is 13.1 Å². The van der Waals surface area contributed by atoms with Crippen LogP contribution < -0.4 is 5.32 Å². The number of allylic oxidation sites excluding steroid dienone is 2. The van der Waals surface area contributed by atoms with Crippen LogP contribution in [0.5, 0.6) is 0 Å². The number of likely N-dealkylation sites (N-methyl/N-ethyl adjacent to an activating group) is 1. The van der Waals surface area contributed by atoms with Crippen LogP contribution in [0, 0.1) is 57.1 Å². The molecule has 1 aromatic rings. The van der Waals surface area contributed by atoms with Crippen LogP contribution >= 0.6 is 0 Å². The van der Waals surface area contributed by atoms with Crippen LogP contribution in [0.3, 0.4) is 0 Å². The van der Waals surface area contributed by atoms with Crippen molar-refractivity contribution >= 4 is 17.4 Å². The van der Waals surface area contributed by atoms with Gasteiger partial charge in [0.15, 0.2) is 0 Å². The molecule has 5 nitrogen and oxygen atoms in total. The van der Waals surface area contributed by atoms with Gasteiger partial charge in [0.05, 0.1) is 11.0 Å². The molecule has 5 aliphatic carbocycles. The van der Waals surface area contributed by atoms with E-state index in [0.717, 1.165) is 49.9 Å². The Morgan fingerprint density at radius 2 is 1.72 bits per heavy atom. The number of carboxylic acid groups (broad SMARTS) is 1. The lowest BCUT2D eigenvalue weighted by atomic mass is 9.36. The summed E-state index contributed by atoms with van der Waals surface area (Å²) in [5.41, 5.74) is 1.86. The molecule has 0 bridgehead atoms. The number of rotatable bonds is 6. The zero-order valence-electron chi connectivity index (χ0n) is 27.3. The van der Waals surface area contributed by atoms with Gasteiger partial charge in [-0.3, -0.25) is 4.79 Å². The Kier molecular flexibility index (Phi) is 7.67. The van der Waals surface area contributed by atoms with Crippen molar-refractivity contribution in [3.63, 3.8) is 0 Å². The molecule has 5 aliphatic rings. The predicted molar refractivity (Wildman–Crippen MR) is 169 cm³/mol. The third kappa shape index (κ3) is 4.63. The Morgan fingerprint density at radius 3 is 2.42 bits per heavy atom. The summed E-state index contributed by atoms with van der Waals surface area (Å²) in [6.07, 6.45) is 13.9. The molecule has 0 radical (unpaired) electrons. The van der Waals surface area contributed by atoms with Gasteiger partial charge in [-0.15, -0.1) is 0 Å². The maximum atomic E-state index is 14.8. The van der Waals surface area contributed by atoms with Crippen LogP contribution in [-0.4, -0.2) is 49.1 Å². The molecule has 4 fully saturated rings. The lowest BCUT2D eigenvalue weighted by Gasteiger charge is -2.68. The molecule has 0 saturated heterocycles. The molecule has 0 aromatic heterocycles. The third-order valence-corrected chi connectivity index (χ3v) is 13.9. The molecule has 43 heavy (non-hydrogen) atoms. The number of halogens is 1. The first-order valence-corrected chi connectivity index (χ1v) is 16.9. The number of amides is 1. The summed E-state index contributed by atoms with van der Waals surface area (Å²) in [6, 6.07) is 4.66. The van der Waals surface area contributed by atoms with E-state index in [-0.39, 0.29) is 27.2 Å². The first kappa shape index (κ1) is 30.8. The number of carbonyl (C=O) groups excluding carboxylic acids is 1. The number of hydrogen-bond donors (Lipinski definition) is 2. The van der Waals surface area contributed by atoms with Crippen molar-refractivity contribution in [2.75, 3.05) is 27.2 Å². The van der Waals surface area contributed by atoms with Crippen LogP contribution in [-0.2, 0) is 4.79 Å². The van der Waals surface area contributed by atoms with Crippen molar-refractivity contribution in [2.24, 2.45) is 51.2 Å². The van der Waals surface area contributed by atoms with Crippen LogP contribution in [0.15, 0.2) is 24.3 Å². The highest BCUT2D eigenvalue weighted by molar-refractivity contribution is 5.88. The molecule has 6 rings (SSSR count). The van der Waals surface area contributed by atoms with E-state index in [4.69, 9.17) is 0 Å². The van der Waals surface area contributed by atoms with Gasteiger partial charge in [-0.25, -0.2) is 9.18 Å². The molecule has 7 unspecified atom stereocenters. The zero-order chi connectivity index (χ0) is 30.9. The predicted octanol–water partition coefficient (Wildman–Crippen LogP) is 7.66. The fourth-order valence-electron chi connectivity index (χ4n) is 12.1. The molecule has 0 heterocycles. The van der Waals surface area contributed by atoms with E-state index in [2.05, 4.69) is 58.1 Å². The summed E-state index contributed by atoms with van der Waals surface area (Å²) in [6.45, 7) is 11.4. The van der Waals surface area contributed by atoms with Crippen LogP contribution in [0.1, 0.15) is 108 Å². The number of fused-ring (bicyclic) bond motifs is 7. The molecule has 6 heteroatoms. The number of benzene rings is 1. The molecule has 0 spiro atoms. The maximum Gasteiger partial charge on any atom is 0.338 e. The van der Waals surface area contributed by atoms with Crippen molar-refractivity contribution in [3.05, 3.63) is 41.2 Å². The topological polar surface area (TPSA) is 69.6 Å². The number of aromatic carboxylic acids is 1. The molecule has 8 atom stereocenters. The normalized spacial score (nSPS) is 39.6. The highest BCUT2D eigenvalue weighted by Crippen LogP contribution is 2.73. The summed E-state index contributed by atoms with van der Waals surface area (Å²) < 4.78 is 14.8. The van der Waals surface area contributed by atoms with E-state index in [1.165, 1.54) is 50.7 Å². The SMILES string of the molecule is CN(C)CCNC(=O)[C@]12CCCC1C1CCC3C(C)(CCC4C(C)(C)C(c5ccc(C(=O)O)c(F)c5)=CCC43C)C1CC2. The van der Waals surface area contributed by atoms with Crippen molar-refractivity contribution in [1.29, 1.82) is 0 Å². The highest BCUT2D eigenvalue weighted by Gasteiger charge is 2.66. The number of carbonyl (C=O) groups is 2. The molecule has 1 aromatic carbocycles. The van der Waals surface area contributed by atoms with E-state index < -0.39 is 11.8 Å². The maximum absolute atomic E-state index is 14.8. The van der Waals surface area contributed by atoms with Crippen LogP contribution in [0.4, 0.5) is 4.39 Å². The van der Waals surface area contributed by atoms with Crippen LogP contribution in [0.2, 0.25) is 0 Å². The summed E-state index contributed by atoms with van der Waals surface area (Å²) in [5, 5.41) is 12.7. The second-order valence-electron chi connectivity index (χ2n) is 16.3. The lowest BCUT2D eigenvalue weighted by Crippen LogP contribution is -2.62. The fraction of sp³-hybridized carbons (Fsp3) is 0.730. The Bertz CT molecular complexity index is 1320. The standard InChI is InChI=1S/C37H53FN2O3/c1-34(2)26(23-9-10-25(32(41)42)29(38)22-23)13-17-36(4)30(34)15-18-35(3)27-14-19-37(33(43)39-20-21-40(5)6)16-7-8-28(37)24(27)11-12-31(35)36/h9-10,13,22,24,27-28,30-31H,7-8,11-12,14-21H2,1-6H3,(H,39,43)(H,41,42)/t24?,27?,28?,30?,31?,35?,36?,37-/m0/s1. The monoisotopic (exact) mass is 592 g/mol. The number of nitrogens with zero attached hydrogens (tertiary/aromatic N) is 1. The minimum absolute atomic E-state index is 0.139. The van der Waals surface area contributed by atoms with Gasteiger partial charge in [0.25, 0.3) is 0 Å². The van der Waals surface area contributed by atoms with Crippen LogP contribution in [0.25, 0.3) is 5.57 Å². The Balaban J connectivity index is 1.26. The van der Waals surface area contributed by atoms with E-state index in [1.54, 1.807) is 6.07 Å². The summed E-state index contributed by atoms with van der Waals surface area (Å²) >= 11 is 0. The van der Waals surface area contributed by atoms with Crippen molar-refractivity contribution < 1.29 is 19.1 Å². The third-order valence-electron chi connectivity index (χ3n) is 13.9. The van der Waals surface area contributed by atoms with Gasteiger partial charge < -0.3 is 15.3 Å². The van der Waals surface area contributed by atoms with Gasteiger partial charge in [0.2, 0.25) is 5.91 Å². The van der Waals surface area contributed by atoms with E-state index in [1.807, 2.05) is 0 Å². The quantitative estimate of drug-likeness (QED) is 0.356. The Labute approximate surface area is 258 Å². The van der Waals surface area contributed by atoms with Crippen molar-refractivity contribution in [2.45, 2.75) is 91.9 Å². The second-order valence-corrected chi connectivity index (χ2v) is 16.3. The second kappa shape index (κ2) is 10.7. The first-order chi connectivity index (χ1) is 20.3. The summed E-state index contributed by atoms with van der Waals surface area (Å²) in [5.74, 6) is 1.41. The molecular weight excluding hydrogens is 539 g/mol. The van der Waals surface area contributed by atoms with Gasteiger partial charge in [0.1, 0.15) is 5.82 Å². The molecule has 0 aliphatic heterocycles. The lowest BCUT2D eigenvalue weighted by molar-refractivity contribution is -0.181. The molecule has 4 saturated carbocycles. The van der Waals surface area contributed by atoms with E-state index in [9.17, 15) is 19.1 Å². The number of hydrogen-bond acceptors (Lipinski definition) is 3. The molecule has 1 amide bonds. The average molecular weight is 593 g/mol. The Morgan fingerprint density at radius 1 is 0.953 bits per heavy atom. The first-order valence-electron chi connectivity index (χ1n) is 16.9. The van der Waals surface area contributed by atoms with Crippen molar-refractivity contribution in [1.82, 2.24) is 10.2 Å². The fourth-order valence-corrected chi connectivity index (χ4v) is 12.1. The molecule has 236 valence electrons. The smallest absolute Gasteiger partial charge is 0.338 e. The summed E-state index contributed by atoms with van der Waals surface area (Å²) in [7, 11) is 4.12. The number of nitrogens with one attached hydrogen (secondary N) is 1. The largest absolute Gasteiger partial charge is 0.478 e. The van der Waals surface area contributed by atoms with E-state index in [0.29, 0.717) is 35.5 Å². The number of carboxylic acids is 1. The zero-order valence-corrected chi connectivity index (χ0v) is 27.3.